The van der Waals surface area contributed by atoms with Crippen molar-refractivity contribution in [3.8, 4) is 67.3 Å². The van der Waals surface area contributed by atoms with Gasteiger partial charge in [0.1, 0.15) is 11.6 Å². The zero-order valence-electron chi connectivity index (χ0n) is 35.2. The number of para-hydroxylation sites is 2. The van der Waals surface area contributed by atoms with Crippen LogP contribution >= 0.6 is 0 Å². The normalized spacial score (nSPS) is 11.5. The second-order valence-electron chi connectivity index (χ2n) is 16.4. The van der Waals surface area contributed by atoms with Crippen LogP contribution in [0.15, 0.2) is 213 Å². The molecule has 5 nitrogen and oxygen atoms in total. The van der Waals surface area contributed by atoms with Crippen molar-refractivity contribution in [2.24, 2.45) is 0 Å². The molecule has 12 aromatic rings. The van der Waals surface area contributed by atoms with Crippen LogP contribution in [0, 0.1) is 18.2 Å². The highest BCUT2D eigenvalue weighted by Gasteiger charge is 2.25. The van der Waals surface area contributed by atoms with Crippen LogP contribution in [0.25, 0.3) is 116 Å². The second-order valence-corrected chi connectivity index (χ2v) is 16.4. The van der Waals surface area contributed by atoms with Crippen molar-refractivity contribution < 1.29 is 8.78 Å². The van der Waals surface area contributed by atoms with Crippen LogP contribution in [0.3, 0.4) is 0 Å². The van der Waals surface area contributed by atoms with Gasteiger partial charge in [-0.05, 0) is 112 Å². The van der Waals surface area contributed by atoms with E-state index in [9.17, 15) is 0 Å². The first kappa shape index (κ1) is 38.7. The summed E-state index contributed by atoms with van der Waals surface area (Å²) >= 11 is 0. The molecule has 0 radical (unpaired) electrons. The number of hydrogen-bond donors (Lipinski definition) is 0. The maximum atomic E-state index is 15.2. The van der Waals surface area contributed by atoms with E-state index >= 15 is 8.78 Å². The molecule has 0 unspecified atom stereocenters. The highest BCUT2D eigenvalue weighted by atomic mass is 19.1. The molecule has 7 heteroatoms. The molecule has 0 aliphatic carbocycles. The molecule has 0 saturated carbocycles. The Morgan fingerprint density at radius 3 is 1.39 bits per heavy atom. The molecule has 0 aliphatic heterocycles. The van der Waals surface area contributed by atoms with Gasteiger partial charge in [-0.1, -0.05) is 115 Å². The average Bonchev–Trinajstić information content (AvgIpc) is 3.88. The number of rotatable bonds is 7. The first-order valence-electron chi connectivity index (χ1n) is 21.6. The van der Waals surface area contributed by atoms with Crippen molar-refractivity contribution in [1.82, 2.24) is 19.1 Å². The molecule has 0 fully saturated rings. The van der Waals surface area contributed by atoms with Gasteiger partial charge in [-0.25, -0.2) is 13.6 Å². The minimum atomic E-state index is -0.702. The van der Waals surface area contributed by atoms with Crippen LogP contribution in [0.2, 0.25) is 0 Å². The fraction of sp³-hybridized carbons (Fsp3) is 0. The van der Waals surface area contributed by atoms with Crippen LogP contribution in [0.4, 0.5) is 14.5 Å². The third-order valence-electron chi connectivity index (χ3n) is 12.6. The molecule has 0 spiro atoms. The number of hydrogen-bond acceptors (Lipinski definition) is 2. The topological polar surface area (TPSA) is 40.0 Å². The molecule has 0 saturated heterocycles. The molecule has 66 heavy (non-hydrogen) atoms. The van der Waals surface area contributed by atoms with Gasteiger partial charge in [0.15, 0.2) is 0 Å². The average molecular weight is 852 g/mol. The van der Waals surface area contributed by atoms with Gasteiger partial charge in [-0.15, -0.1) is 0 Å². The van der Waals surface area contributed by atoms with E-state index in [1.54, 1.807) is 0 Å². The van der Waals surface area contributed by atoms with Gasteiger partial charge in [0, 0.05) is 51.1 Å². The van der Waals surface area contributed by atoms with Crippen molar-refractivity contribution in [2.45, 2.75) is 0 Å². The van der Waals surface area contributed by atoms with Gasteiger partial charge in [-0.3, -0.25) is 9.97 Å². The zero-order chi connectivity index (χ0) is 44.3. The number of nitrogens with zero attached hydrogens (tertiary/aromatic N) is 5. The Kier molecular flexibility index (Phi) is 9.18. The van der Waals surface area contributed by atoms with Crippen LogP contribution in [-0.2, 0) is 0 Å². The summed E-state index contributed by atoms with van der Waals surface area (Å²) in [5.74, 6) is -1.40. The molecule has 4 heterocycles. The van der Waals surface area contributed by atoms with Gasteiger partial charge in [0.25, 0.3) is 0 Å². The summed E-state index contributed by atoms with van der Waals surface area (Å²) in [4.78, 5) is 13.7. The largest absolute Gasteiger partial charge is 0.319 e. The lowest BCUT2D eigenvalue weighted by molar-refractivity contribution is 0.584. The van der Waals surface area contributed by atoms with Gasteiger partial charge >= 0.3 is 0 Å². The minimum Gasteiger partial charge on any atom is -0.319 e. The van der Waals surface area contributed by atoms with E-state index in [0.717, 1.165) is 94.4 Å². The molecule has 12 rings (SSSR count). The summed E-state index contributed by atoms with van der Waals surface area (Å²) in [6, 6.07) is 64.9. The number of pyridine rings is 2. The maximum absolute atomic E-state index is 15.2. The molecule has 310 valence electrons. The molecule has 0 aliphatic rings. The molecule has 4 aromatic heterocycles. The molecular weight excluding hydrogens is 817 g/mol. The molecule has 0 bridgehead atoms. The molecule has 0 amide bonds. The predicted molar refractivity (Wildman–Crippen MR) is 264 cm³/mol. The van der Waals surface area contributed by atoms with E-state index < -0.39 is 11.6 Å². The summed E-state index contributed by atoms with van der Waals surface area (Å²) in [6.07, 6.45) is 3.68. The lowest BCUT2D eigenvalue weighted by Gasteiger charge is -2.20. The maximum Gasteiger partial charge on any atom is 0.234 e. The van der Waals surface area contributed by atoms with Crippen molar-refractivity contribution in [2.75, 3.05) is 0 Å². The van der Waals surface area contributed by atoms with E-state index in [1.807, 2.05) is 103 Å². The summed E-state index contributed by atoms with van der Waals surface area (Å²) in [5.41, 5.74) is 13.8. The Hall–Kier alpha value is -8.99. The van der Waals surface area contributed by atoms with E-state index in [-0.39, 0.29) is 0 Å². The quantitative estimate of drug-likeness (QED) is 0.150. The lowest BCUT2D eigenvalue weighted by Crippen LogP contribution is -2.03. The van der Waals surface area contributed by atoms with E-state index in [0.29, 0.717) is 28.2 Å². The Morgan fingerprint density at radius 2 is 0.848 bits per heavy atom. The molecule has 0 atom stereocenters. The van der Waals surface area contributed by atoms with Gasteiger partial charge < -0.3 is 9.13 Å². The number of halogens is 2. The first-order valence-corrected chi connectivity index (χ1v) is 21.6. The van der Waals surface area contributed by atoms with Crippen LogP contribution < -0.4 is 0 Å². The Labute approximate surface area is 378 Å². The Bertz CT molecular complexity index is 3900. The van der Waals surface area contributed by atoms with Gasteiger partial charge in [0.2, 0.25) is 5.69 Å². The molecule has 0 N–H and O–H groups in total. The molecular formula is C59H35F2N5. The standard InChI is InChI=1S/C59H35F2N5/c1-62-58-57(65-53-18-10-8-16-47(53)49-32-39(20-23-55(49)65)41-26-28-63-51(34-41)37-12-4-2-5-13-37)25-22-46(43-30-44(60)36-45(61)31-43)59(58)66-54-19-11-9-17-48(54)50-33-40(21-24-56(50)66)42-27-29-64-52(35-42)38-14-6-3-7-15-38/h2-36H. The van der Waals surface area contributed by atoms with Crippen molar-refractivity contribution in [3.05, 3.63) is 236 Å². The highest BCUT2D eigenvalue weighted by molar-refractivity contribution is 6.14. The van der Waals surface area contributed by atoms with Crippen molar-refractivity contribution in [3.63, 3.8) is 0 Å². The summed E-state index contributed by atoms with van der Waals surface area (Å²) in [6.45, 7) is 9.02. The summed E-state index contributed by atoms with van der Waals surface area (Å²) < 4.78 is 34.7. The third-order valence-corrected chi connectivity index (χ3v) is 12.6. The second kappa shape index (κ2) is 15.7. The SMILES string of the molecule is [C-]#[N+]c1c(-n2c3ccccc3c3cc(-c4ccnc(-c5ccccc5)c4)ccc32)ccc(-c2cc(F)cc(F)c2)c1-n1c2ccccc2c2cc(-c3ccnc(-c4ccccc4)c3)ccc21. The summed E-state index contributed by atoms with van der Waals surface area (Å²) in [5, 5.41) is 3.98. The zero-order valence-corrected chi connectivity index (χ0v) is 35.2. The van der Waals surface area contributed by atoms with E-state index in [1.165, 1.54) is 12.1 Å². The first-order chi connectivity index (χ1) is 32.5. The van der Waals surface area contributed by atoms with E-state index in [4.69, 9.17) is 6.57 Å². The molecule has 8 aromatic carbocycles. The Morgan fingerprint density at radius 1 is 0.379 bits per heavy atom. The van der Waals surface area contributed by atoms with Crippen molar-refractivity contribution in [1.29, 1.82) is 0 Å². The van der Waals surface area contributed by atoms with Gasteiger partial charge in [-0.2, -0.15) is 0 Å². The highest BCUT2D eigenvalue weighted by Crippen LogP contribution is 2.47. The third kappa shape index (κ3) is 6.43. The number of fused-ring (bicyclic) bond motifs is 6. The predicted octanol–water partition coefficient (Wildman–Crippen LogP) is 15.8. The Balaban J connectivity index is 1.10. The fourth-order valence-corrected chi connectivity index (χ4v) is 9.59. The van der Waals surface area contributed by atoms with Crippen molar-refractivity contribution >= 4 is 49.3 Å². The van der Waals surface area contributed by atoms with E-state index in [2.05, 4.69) is 115 Å². The monoisotopic (exact) mass is 851 g/mol. The fourth-order valence-electron chi connectivity index (χ4n) is 9.59. The lowest BCUT2D eigenvalue weighted by atomic mass is 9.99. The number of benzene rings is 8. The number of aromatic nitrogens is 4. The summed E-state index contributed by atoms with van der Waals surface area (Å²) in [7, 11) is 0. The minimum absolute atomic E-state index is 0.325. The van der Waals surface area contributed by atoms with Crippen LogP contribution in [0.1, 0.15) is 0 Å². The van der Waals surface area contributed by atoms with Crippen LogP contribution in [-0.4, -0.2) is 19.1 Å². The smallest absolute Gasteiger partial charge is 0.234 e. The van der Waals surface area contributed by atoms with Crippen LogP contribution in [0.5, 0.6) is 0 Å². The van der Waals surface area contributed by atoms with Gasteiger partial charge in [0.05, 0.1) is 51.4 Å².